The van der Waals surface area contributed by atoms with Crippen LogP contribution in [0, 0.1) is 0 Å². The molecule has 1 atom stereocenters. The van der Waals surface area contributed by atoms with E-state index in [1.165, 1.54) is 6.92 Å². The molecular formula is C15H14F6N4O. The molecule has 3 N–H and O–H groups in total. The summed E-state index contributed by atoms with van der Waals surface area (Å²) in [6.07, 6.45) is -9.27. The molecule has 0 aliphatic carbocycles. The third kappa shape index (κ3) is 5.22. The van der Waals surface area contributed by atoms with Crippen molar-refractivity contribution in [2.75, 3.05) is 17.2 Å². The zero-order chi connectivity index (χ0) is 19.5. The first-order valence-electron chi connectivity index (χ1n) is 7.27. The molecule has 0 radical (unpaired) electrons. The quantitative estimate of drug-likeness (QED) is 0.683. The molecule has 142 valence electrons. The lowest BCUT2D eigenvalue weighted by molar-refractivity contribution is -0.141. The van der Waals surface area contributed by atoms with Gasteiger partial charge >= 0.3 is 12.4 Å². The van der Waals surface area contributed by atoms with Gasteiger partial charge in [-0.3, -0.25) is 0 Å². The van der Waals surface area contributed by atoms with Crippen LogP contribution in [0.2, 0.25) is 0 Å². The maximum atomic E-state index is 13.0. The van der Waals surface area contributed by atoms with Gasteiger partial charge in [-0.05, 0) is 31.2 Å². The number of hydrogen-bond donors (Lipinski definition) is 3. The zero-order valence-corrected chi connectivity index (χ0v) is 13.3. The summed E-state index contributed by atoms with van der Waals surface area (Å²) >= 11 is 0. The van der Waals surface area contributed by atoms with Gasteiger partial charge in [0.05, 0.1) is 12.2 Å². The fourth-order valence-corrected chi connectivity index (χ4v) is 1.88. The van der Waals surface area contributed by atoms with Crippen molar-refractivity contribution in [3.05, 3.63) is 41.6 Å². The van der Waals surface area contributed by atoms with Crippen LogP contribution in [-0.4, -0.2) is 27.7 Å². The van der Waals surface area contributed by atoms with Gasteiger partial charge in [-0.15, -0.1) is 0 Å². The predicted molar refractivity (Wildman–Crippen MR) is 81.9 cm³/mol. The van der Waals surface area contributed by atoms with Crippen LogP contribution in [-0.2, 0) is 12.4 Å². The van der Waals surface area contributed by atoms with Gasteiger partial charge in [0.1, 0.15) is 5.82 Å². The molecule has 0 aliphatic rings. The molecule has 1 aromatic heterocycles. The number of aromatic nitrogens is 2. The minimum absolute atomic E-state index is 0.117. The van der Waals surface area contributed by atoms with Gasteiger partial charge in [0.25, 0.3) is 0 Å². The third-order valence-electron chi connectivity index (χ3n) is 3.15. The number of benzene rings is 1. The number of alkyl halides is 6. The first kappa shape index (κ1) is 19.8. The molecule has 0 fully saturated rings. The first-order chi connectivity index (χ1) is 12.0. The Bertz CT molecular complexity index is 745. The lowest BCUT2D eigenvalue weighted by Gasteiger charge is -2.15. The minimum atomic E-state index is -4.75. The molecule has 0 saturated carbocycles. The van der Waals surface area contributed by atoms with Crippen LogP contribution in [0.15, 0.2) is 30.3 Å². The highest BCUT2D eigenvalue weighted by Gasteiger charge is 2.34. The van der Waals surface area contributed by atoms with E-state index < -0.39 is 29.7 Å². The second-order valence-corrected chi connectivity index (χ2v) is 5.39. The Labute approximate surface area is 144 Å². The van der Waals surface area contributed by atoms with E-state index in [1.807, 2.05) is 0 Å². The number of nitrogens with zero attached hydrogens (tertiary/aromatic N) is 2. The maximum absolute atomic E-state index is 13.0. The van der Waals surface area contributed by atoms with Crippen LogP contribution in [0.25, 0.3) is 0 Å². The van der Waals surface area contributed by atoms with Crippen molar-refractivity contribution in [3.63, 3.8) is 0 Å². The smallest absolute Gasteiger partial charge is 0.394 e. The summed E-state index contributed by atoms with van der Waals surface area (Å²) in [5, 5.41) is 14.0. The topological polar surface area (TPSA) is 70.1 Å². The summed E-state index contributed by atoms with van der Waals surface area (Å²) in [6.45, 7) is 1.15. The van der Waals surface area contributed by atoms with Crippen molar-refractivity contribution in [1.29, 1.82) is 0 Å². The molecule has 0 unspecified atom stereocenters. The number of hydrogen-bond acceptors (Lipinski definition) is 5. The van der Waals surface area contributed by atoms with Crippen molar-refractivity contribution in [3.8, 4) is 0 Å². The average molecular weight is 380 g/mol. The van der Waals surface area contributed by atoms with Gasteiger partial charge in [0.2, 0.25) is 5.95 Å². The van der Waals surface area contributed by atoms with Crippen molar-refractivity contribution >= 4 is 17.5 Å². The SMILES string of the molecule is C[C@@H](CO)Nc1nc(Nc2ccc(C(F)(F)F)cc2)cc(C(F)(F)F)n1. The van der Waals surface area contributed by atoms with Crippen LogP contribution in [0.5, 0.6) is 0 Å². The average Bonchev–Trinajstić information content (AvgIpc) is 2.53. The highest BCUT2D eigenvalue weighted by molar-refractivity contribution is 5.58. The van der Waals surface area contributed by atoms with E-state index in [1.54, 1.807) is 0 Å². The number of nitrogens with one attached hydrogen (secondary N) is 2. The summed E-state index contributed by atoms with van der Waals surface area (Å²) in [6, 6.07) is 3.76. The van der Waals surface area contributed by atoms with Gasteiger partial charge in [-0.1, -0.05) is 0 Å². The van der Waals surface area contributed by atoms with Gasteiger partial charge in [0, 0.05) is 17.8 Å². The lowest BCUT2D eigenvalue weighted by atomic mass is 10.2. The molecule has 1 heterocycles. The van der Waals surface area contributed by atoms with Crippen LogP contribution in [0.4, 0.5) is 43.8 Å². The van der Waals surface area contributed by atoms with E-state index in [0.717, 1.165) is 24.3 Å². The Morgan fingerprint density at radius 1 is 1.00 bits per heavy atom. The molecule has 11 heteroatoms. The number of halogens is 6. The van der Waals surface area contributed by atoms with E-state index in [9.17, 15) is 26.3 Å². The normalized spacial score (nSPS) is 13.4. The Morgan fingerprint density at radius 2 is 1.62 bits per heavy atom. The molecule has 2 rings (SSSR count). The Hall–Kier alpha value is -2.56. The van der Waals surface area contributed by atoms with E-state index in [4.69, 9.17) is 5.11 Å². The van der Waals surface area contributed by atoms with E-state index in [2.05, 4.69) is 20.6 Å². The van der Waals surface area contributed by atoms with Crippen molar-refractivity contribution in [2.24, 2.45) is 0 Å². The van der Waals surface area contributed by atoms with E-state index in [0.29, 0.717) is 6.07 Å². The highest BCUT2D eigenvalue weighted by Crippen LogP contribution is 2.32. The molecule has 0 saturated heterocycles. The summed E-state index contributed by atoms with van der Waals surface area (Å²) in [5.41, 5.74) is -2.01. The summed E-state index contributed by atoms with van der Waals surface area (Å²) < 4.78 is 76.5. The Morgan fingerprint density at radius 3 is 2.12 bits per heavy atom. The predicted octanol–water partition coefficient (Wildman–Crippen LogP) is 4.05. The molecular weight excluding hydrogens is 366 g/mol. The Kier molecular flexibility index (Phi) is 5.59. The second-order valence-electron chi connectivity index (χ2n) is 5.39. The van der Waals surface area contributed by atoms with Gasteiger partial charge in [0.15, 0.2) is 5.69 Å². The van der Waals surface area contributed by atoms with E-state index in [-0.39, 0.29) is 24.1 Å². The molecule has 5 nitrogen and oxygen atoms in total. The summed E-state index contributed by atoms with van der Waals surface area (Å²) in [5.74, 6) is -0.643. The number of anilines is 3. The van der Waals surface area contributed by atoms with Gasteiger partial charge in [-0.2, -0.15) is 31.3 Å². The maximum Gasteiger partial charge on any atom is 0.433 e. The van der Waals surface area contributed by atoms with Gasteiger partial charge in [-0.25, -0.2) is 4.98 Å². The summed E-state index contributed by atoms with van der Waals surface area (Å²) in [7, 11) is 0. The molecule has 1 aromatic carbocycles. The van der Waals surface area contributed by atoms with Gasteiger partial charge < -0.3 is 15.7 Å². The zero-order valence-electron chi connectivity index (χ0n) is 13.3. The largest absolute Gasteiger partial charge is 0.433 e. The summed E-state index contributed by atoms with van der Waals surface area (Å²) in [4.78, 5) is 7.17. The molecule has 26 heavy (non-hydrogen) atoms. The van der Waals surface area contributed by atoms with Crippen molar-refractivity contribution in [1.82, 2.24) is 9.97 Å². The lowest BCUT2D eigenvalue weighted by Crippen LogP contribution is -2.22. The second kappa shape index (κ2) is 7.36. The third-order valence-corrected chi connectivity index (χ3v) is 3.15. The minimum Gasteiger partial charge on any atom is -0.394 e. The molecule has 0 spiro atoms. The van der Waals surface area contributed by atoms with Crippen LogP contribution in [0.1, 0.15) is 18.2 Å². The van der Waals surface area contributed by atoms with Crippen LogP contribution < -0.4 is 10.6 Å². The van der Waals surface area contributed by atoms with Crippen LogP contribution >= 0.6 is 0 Å². The number of aliphatic hydroxyl groups excluding tert-OH is 1. The Balaban J connectivity index is 2.31. The van der Waals surface area contributed by atoms with Crippen molar-refractivity contribution in [2.45, 2.75) is 25.3 Å². The van der Waals surface area contributed by atoms with E-state index >= 15 is 0 Å². The molecule has 0 bridgehead atoms. The molecule has 0 aliphatic heterocycles. The number of aliphatic hydroxyl groups is 1. The fraction of sp³-hybridized carbons (Fsp3) is 0.333. The first-order valence-corrected chi connectivity index (χ1v) is 7.27. The molecule has 0 amide bonds. The fourth-order valence-electron chi connectivity index (χ4n) is 1.88. The van der Waals surface area contributed by atoms with Crippen molar-refractivity contribution < 1.29 is 31.4 Å². The van der Waals surface area contributed by atoms with Crippen LogP contribution in [0.3, 0.4) is 0 Å². The monoisotopic (exact) mass is 380 g/mol. The standard InChI is InChI=1S/C15H14F6N4O/c1-8(7-26)22-13-24-11(15(19,20)21)6-12(25-13)23-10-4-2-9(3-5-10)14(16,17)18/h2-6,8,26H,7H2,1H3,(H2,22,23,24,25)/t8-/m0/s1. The number of rotatable bonds is 5. The molecule has 2 aromatic rings. The highest BCUT2D eigenvalue weighted by atomic mass is 19.4.